The molecular formula is C22H28N2O3. The predicted octanol–water partition coefficient (Wildman–Crippen LogP) is 3.14. The summed E-state index contributed by atoms with van der Waals surface area (Å²) in [6.45, 7) is 5.31. The second-order valence-electron chi connectivity index (χ2n) is 7.66. The standard InChI is InChI=1S/C22H28N2O3/c1-2-16-7-9-17(10-8-16)24-21(25)15-19(22(24)26)18-5-3-4-6-20(18)23-11-13-27-14-12-23/h6-10,18-19H,2-5,11-15H2,1H3/t18-,19+/m1/s1. The second-order valence-corrected chi connectivity index (χ2v) is 7.66. The molecule has 0 aromatic heterocycles. The predicted molar refractivity (Wildman–Crippen MR) is 104 cm³/mol. The van der Waals surface area contributed by atoms with E-state index in [4.69, 9.17) is 4.74 Å². The van der Waals surface area contributed by atoms with Crippen LogP contribution in [0.15, 0.2) is 36.0 Å². The Balaban J connectivity index is 1.56. The summed E-state index contributed by atoms with van der Waals surface area (Å²) in [5.41, 5.74) is 3.18. The van der Waals surface area contributed by atoms with Gasteiger partial charge in [-0.05, 0) is 43.4 Å². The van der Waals surface area contributed by atoms with Crippen molar-refractivity contribution < 1.29 is 14.3 Å². The molecule has 0 saturated carbocycles. The molecule has 0 N–H and O–H groups in total. The quantitative estimate of drug-likeness (QED) is 0.766. The number of hydrogen-bond donors (Lipinski definition) is 0. The van der Waals surface area contributed by atoms with E-state index in [0.29, 0.717) is 12.1 Å². The molecule has 1 aliphatic carbocycles. The zero-order valence-corrected chi connectivity index (χ0v) is 16.0. The van der Waals surface area contributed by atoms with Crippen molar-refractivity contribution >= 4 is 17.5 Å². The van der Waals surface area contributed by atoms with Gasteiger partial charge in [-0.1, -0.05) is 25.1 Å². The number of carbonyl (C=O) groups is 2. The third-order valence-electron chi connectivity index (χ3n) is 6.10. The average molecular weight is 368 g/mol. The van der Waals surface area contributed by atoms with Gasteiger partial charge in [0, 0.05) is 31.1 Å². The second kappa shape index (κ2) is 7.85. The highest BCUT2D eigenvalue weighted by molar-refractivity contribution is 6.21. The largest absolute Gasteiger partial charge is 0.378 e. The first-order chi connectivity index (χ1) is 13.2. The number of imide groups is 1. The number of amides is 2. The van der Waals surface area contributed by atoms with Crippen molar-refractivity contribution in [2.45, 2.75) is 39.0 Å². The minimum atomic E-state index is -0.238. The van der Waals surface area contributed by atoms with Crippen LogP contribution in [0.3, 0.4) is 0 Å². The average Bonchev–Trinajstić information content (AvgIpc) is 3.02. The van der Waals surface area contributed by atoms with Gasteiger partial charge in [-0.2, -0.15) is 0 Å². The van der Waals surface area contributed by atoms with Gasteiger partial charge in [0.05, 0.1) is 24.8 Å². The molecule has 0 radical (unpaired) electrons. The molecular weight excluding hydrogens is 340 g/mol. The molecule has 3 aliphatic rings. The van der Waals surface area contributed by atoms with Crippen molar-refractivity contribution in [1.29, 1.82) is 0 Å². The third kappa shape index (κ3) is 3.53. The van der Waals surface area contributed by atoms with Gasteiger partial charge in [-0.3, -0.25) is 14.5 Å². The van der Waals surface area contributed by atoms with E-state index in [-0.39, 0.29) is 23.7 Å². The van der Waals surface area contributed by atoms with E-state index in [1.54, 1.807) is 0 Å². The van der Waals surface area contributed by atoms with E-state index in [1.807, 2.05) is 24.3 Å². The molecule has 5 heteroatoms. The van der Waals surface area contributed by atoms with Crippen LogP contribution in [0.4, 0.5) is 5.69 Å². The topological polar surface area (TPSA) is 49.9 Å². The monoisotopic (exact) mass is 368 g/mol. The van der Waals surface area contributed by atoms with E-state index >= 15 is 0 Å². The van der Waals surface area contributed by atoms with Gasteiger partial charge < -0.3 is 9.64 Å². The molecule has 144 valence electrons. The maximum Gasteiger partial charge on any atom is 0.238 e. The lowest BCUT2D eigenvalue weighted by Crippen LogP contribution is -2.41. The van der Waals surface area contributed by atoms with Crippen molar-refractivity contribution in [3.05, 3.63) is 41.6 Å². The normalized spacial score (nSPS) is 26.5. The molecule has 4 rings (SSSR count). The summed E-state index contributed by atoms with van der Waals surface area (Å²) in [6.07, 6.45) is 6.68. The van der Waals surface area contributed by atoms with E-state index in [9.17, 15) is 9.59 Å². The summed E-state index contributed by atoms with van der Waals surface area (Å²) >= 11 is 0. The van der Waals surface area contributed by atoms with Crippen LogP contribution in [0.2, 0.25) is 0 Å². The maximum absolute atomic E-state index is 13.2. The van der Waals surface area contributed by atoms with Crippen molar-refractivity contribution in [2.75, 3.05) is 31.2 Å². The number of aryl methyl sites for hydroxylation is 1. The number of hydrogen-bond acceptors (Lipinski definition) is 4. The van der Waals surface area contributed by atoms with Crippen LogP contribution in [-0.4, -0.2) is 43.0 Å². The van der Waals surface area contributed by atoms with Crippen molar-refractivity contribution in [3.8, 4) is 0 Å². The van der Waals surface area contributed by atoms with Crippen LogP contribution in [0.25, 0.3) is 0 Å². The Labute approximate surface area is 161 Å². The Bertz CT molecular complexity index is 734. The number of anilines is 1. The van der Waals surface area contributed by atoms with E-state index < -0.39 is 0 Å². The molecule has 5 nitrogen and oxygen atoms in total. The minimum absolute atomic E-state index is 0.0321. The lowest BCUT2D eigenvalue weighted by atomic mass is 9.80. The van der Waals surface area contributed by atoms with Crippen molar-refractivity contribution in [3.63, 3.8) is 0 Å². The van der Waals surface area contributed by atoms with E-state index in [2.05, 4.69) is 17.9 Å². The zero-order chi connectivity index (χ0) is 18.8. The first kappa shape index (κ1) is 18.2. The molecule has 2 aliphatic heterocycles. The van der Waals surface area contributed by atoms with Crippen LogP contribution in [-0.2, 0) is 20.7 Å². The Morgan fingerprint density at radius 2 is 1.81 bits per heavy atom. The molecule has 2 atom stereocenters. The number of allylic oxidation sites excluding steroid dienone is 2. The molecule has 0 spiro atoms. The van der Waals surface area contributed by atoms with Crippen molar-refractivity contribution in [2.24, 2.45) is 11.8 Å². The Morgan fingerprint density at radius 1 is 1.07 bits per heavy atom. The van der Waals surface area contributed by atoms with Crippen LogP contribution < -0.4 is 4.90 Å². The summed E-state index contributed by atoms with van der Waals surface area (Å²) < 4.78 is 5.48. The molecule has 1 aromatic carbocycles. The molecule has 2 fully saturated rings. The van der Waals surface area contributed by atoms with Crippen LogP contribution >= 0.6 is 0 Å². The van der Waals surface area contributed by atoms with Gasteiger partial charge in [-0.15, -0.1) is 0 Å². The number of carbonyl (C=O) groups excluding carboxylic acids is 2. The van der Waals surface area contributed by atoms with Crippen LogP contribution in [0, 0.1) is 11.8 Å². The summed E-state index contributed by atoms with van der Waals surface area (Å²) in [4.78, 5) is 29.7. The van der Waals surface area contributed by atoms with Gasteiger partial charge in [0.2, 0.25) is 11.8 Å². The lowest BCUT2D eigenvalue weighted by molar-refractivity contribution is -0.123. The number of ether oxygens (including phenoxy) is 1. The van der Waals surface area contributed by atoms with E-state index in [0.717, 1.165) is 52.0 Å². The number of morpholine rings is 1. The molecule has 2 amide bonds. The Kier molecular flexibility index (Phi) is 5.30. The molecule has 0 bridgehead atoms. The minimum Gasteiger partial charge on any atom is -0.378 e. The van der Waals surface area contributed by atoms with Gasteiger partial charge in [0.1, 0.15) is 0 Å². The van der Waals surface area contributed by atoms with Gasteiger partial charge in [-0.25, -0.2) is 0 Å². The summed E-state index contributed by atoms with van der Waals surface area (Å²) in [6, 6.07) is 7.80. The lowest BCUT2D eigenvalue weighted by Gasteiger charge is -2.38. The smallest absolute Gasteiger partial charge is 0.238 e. The highest BCUT2D eigenvalue weighted by Crippen LogP contribution is 2.40. The van der Waals surface area contributed by atoms with Gasteiger partial charge in [0.25, 0.3) is 0 Å². The first-order valence-corrected chi connectivity index (χ1v) is 10.2. The zero-order valence-electron chi connectivity index (χ0n) is 16.0. The molecule has 2 saturated heterocycles. The highest BCUT2D eigenvalue weighted by atomic mass is 16.5. The molecule has 1 aromatic rings. The number of benzene rings is 1. The number of nitrogens with zero attached hydrogens (tertiary/aromatic N) is 2. The van der Waals surface area contributed by atoms with Crippen LogP contribution in [0.1, 0.15) is 38.2 Å². The van der Waals surface area contributed by atoms with E-state index in [1.165, 1.54) is 16.2 Å². The SMILES string of the molecule is CCc1ccc(N2C(=O)C[C@@H]([C@H]3CCCC=C3N3CCOCC3)C2=O)cc1. The fourth-order valence-electron chi connectivity index (χ4n) is 4.60. The molecule has 27 heavy (non-hydrogen) atoms. The highest BCUT2D eigenvalue weighted by Gasteiger charge is 2.45. The fraction of sp³-hybridized carbons (Fsp3) is 0.545. The third-order valence-corrected chi connectivity index (χ3v) is 6.10. The van der Waals surface area contributed by atoms with Gasteiger partial charge in [0.15, 0.2) is 0 Å². The Morgan fingerprint density at radius 3 is 2.52 bits per heavy atom. The first-order valence-electron chi connectivity index (χ1n) is 10.2. The Hall–Kier alpha value is -2.14. The molecule has 0 unspecified atom stereocenters. The van der Waals surface area contributed by atoms with Gasteiger partial charge >= 0.3 is 0 Å². The fourth-order valence-corrected chi connectivity index (χ4v) is 4.60. The number of rotatable bonds is 4. The maximum atomic E-state index is 13.2. The van der Waals surface area contributed by atoms with Crippen LogP contribution in [0.5, 0.6) is 0 Å². The summed E-state index contributed by atoms with van der Waals surface area (Å²) in [5.74, 6) is -0.192. The summed E-state index contributed by atoms with van der Waals surface area (Å²) in [7, 11) is 0. The van der Waals surface area contributed by atoms with Crippen molar-refractivity contribution in [1.82, 2.24) is 4.90 Å². The summed E-state index contributed by atoms with van der Waals surface area (Å²) in [5, 5.41) is 0. The molecule has 2 heterocycles.